The van der Waals surface area contributed by atoms with Crippen LogP contribution in [0, 0.1) is 6.92 Å². The molecule has 0 amide bonds. The Morgan fingerprint density at radius 1 is 0.567 bits per heavy atom. The molecule has 8 aromatic rings. The molecule has 0 aliphatic carbocycles. The number of pyridine rings is 1. The molecule has 2 atom stereocenters. The van der Waals surface area contributed by atoms with Crippen molar-refractivity contribution >= 4 is 69.7 Å². The van der Waals surface area contributed by atoms with Gasteiger partial charge in [0.25, 0.3) is 0 Å². The Labute approximate surface area is 405 Å². The second kappa shape index (κ2) is 18.1. The summed E-state index contributed by atoms with van der Waals surface area (Å²) in [4.78, 5) is 31.4. The first kappa shape index (κ1) is 44.1. The monoisotopic (exact) mass is 967 g/mol. The smallest absolute Gasteiger partial charge is 0.263 e. The van der Waals surface area contributed by atoms with E-state index in [4.69, 9.17) is 66.8 Å². The van der Waals surface area contributed by atoms with Crippen molar-refractivity contribution in [3.63, 3.8) is 0 Å². The summed E-state index contributed by atoms with van der Waals surface area (Å²) in [6.07, 6.45) is 1.55. The molecular formula is C50H41Cl4N11O2. The molecule has 3 aromatic heterocycles. The largest absolute Gasteiger partial charge is 0.347 e. The summed E-state index contributed by atoms with van der Waals surface area (Å²) in [5.41, 5.74) is 8.64. The maximum atomic E-state index is 13.6. The van der Waals surface area contributed by atoms with E-state index in [9.17, 15) is 9.59 Å². The van der Waals surface area contributed by atoms with Gasteiger partial charge in [0.05, 0.1) is 48.3 Å². The summed E-state index contributed by atoms with van der Waals surface area (Å²) in [5, 5.41) is 25.6. The average Bonchev–Trinajstić information content (AvgIpc) is 4.11. The fourth-order valence-corrected chi connectivity index (χ4v) is 9.36. The van der Waals surface area contributed by atoms with Gasteiger partial charge in [0.15, 0.2) is 0 Å². The van der Waals surface area contributed by atoms with Crippen LogP contribution in [0.1, 0.15) is 50.9 Å². The molecule has 0 fully saturated rings. The fourth-order valence-electron chi connectivity index (χ4n) is 8.69. The molecule has 10 rings (SSSR count). The van der Waals surface area contributed by atoms with Gasteiger partial charge < -0.3 is 0 Å². The maximum Gasteiger partial charge on any atom is 0.347 e. The van der Waals surface area contributed by atoms with Crippen molar-refractivity contribution in [2.24, 2.45) is 24.3 Å². The van der Waals surface area contributed by atoms with Gasteiger partial charge in [-0.2, -0.15) is 10.2 Å². The summed E-state index contributed by atoms with van der Waals surface area (Å²) in [7, 11) is 3.39. The number of halogens is 4. The third-order valence-electron chi connectivity index (χ3n) is 12.2. The molecule has 2 unspecified atom stereocenters. The Hall–Kier alpha value is -6.77. The average molecular weight is 970 g/mol. The summed E-state index contributed by atoms with van der Waals surface area (Å²) in [5.74, 6) is 0.447. The fraction of sp³-hybridized carbons (Fsp3) is 0.180. The molecular weight excluding hydrogens is 928 g/mol. The van der Waals surface area contributed by atoms with Crippen LogP contribution in [0.5, 0.6) is 0 Å². The number of hydrogen-bond acceptors (Lipinski definition) is 9. The van der Waals surface area contributed by atoms with E-state index in [1.807, 2.05) is 97.9 Å². The number of aryl methyl sites for hydroxylation is 1. The molecule has 0 N–H and O–H groups in total. The molecule has 0 radical (unpaired) electrons. The number of rotatable bonds is 11. The van der Waals surface area contributed by atoms with E-state index in [0.717, 1.165) is 44.8 Å². The van der Waals surface area contributed by atoms with Crippen LogP contribution in [0.15, 0.2) is 153 Å². The molecule has 2 aliphatic rings. The standard InChI is InChI=1S/C50H41Cl4N11O2/c1-30-22-31(14-19-42(30)52)26-64-49(66)60(2)47(58-64)62-28-40(32-10-6-4-7-11-32)45(56-62)34-15-20-43(53)38(23-34)39-24-35(16-21-44(39)54)46-41(33-12-8-5-9-13-33)29-63(57-46)48-59-65(50(67)61(48)3)27-37-18-17-36(51)25-55-37/h4-25,40-41H,26-29H2,1-3H3. The minimum Gasteiger partial charge on any atom is -0.263 e. The second-order valence-corrected chi connectivity index (χ2v) is 18.3. The Morgan fingerprint density at radius 2 is 1.06 bits per heavy atom. The van der Waals surface area contributed by atoms with Crippen LogP contribution < -0.4 is 21.4 Å². The van der Waals surface area contributed by atoms with Crippen molar-refractivity contribution in [2.45, 2.75) is 31.8 Å². The number of aromatic nitrogens is 7. The van der Waals surface area contributed by atoms with Crippen LogP contribution in [0.3, 0.4) is 0 Å². The molecule has 0 bridgehead atoms. The quantitative estimate of drug-likeness (QED) is 0.127. The first-order chi connectivity index (χ1) is 32.4. The number of hydrogen-bond donors (Lipinski definition) is 0. The molecule has 13 nitrogen and oxygen atoms in total. The molecule has 67 heavy (non-hydrogen) atoms. The van der Waals surface area contributed by atoms with Crippen LogP contribution >= 0.6 is 46.4 Å². The number of anilines is 2. The van der Waals surface area contributed by atoms with E-state index >= 15 is 0 Å². The lowest BCUT2D eigenvalue weighted by Gasteiger charge is -2.17. The third kappa shape index (κ3) is 8.60. The van der Waals surface area contributed by atoms with Gasteiger partial charge in [-0.05, 0) is 82.8 Å². The summed E-state index contributed by atoms with van der Waals surface area (Å²) >= 11 is 26.5. The molecule has 5 aromatic carbocycles. The summed E-state index contributed by atoms with van der Waals surface area (Å²) < 4.78 is 5.84. The van der Waals surface area contributed by atoms with Crippen molar-refractivity contribution in [3.8, 4) is 11.1 Å². The molecule has 5 heterocycles. The maximum absolute atomic E-state index is 13.6. The van der Waals surface area contributed by atoms with E-state index in [1.54, 1.807) is 42.4 Å². The first-order valence-electron chi connectivity index (χ1n) is 21.5. The predicted molar refractivity (Wildman–Crippen MR) is 267 cm³/mol. The van der Waals surface area contributed by atoms with E-state index < -0.39 is 0 Å². The Kier molecular flexibility index (Phi) is 11.9. The topological polar surface area (TPSA) is 124 Å². The Morgan fingerprint density at radius 3 is 1.54 bits per heavy atom. The molecule has 0 spiro atoms. The zero-order chi connectivity index (χ0) is 46.5. The highest BCUT2D eigenvalue weighted by Crippen LogP contribution is 2.40. The molecule has 0 saturated carbocycles. The highest BCUT2D eigenvalue weighted by molar-refractivity contribution is 6.37. The van der Waals surface area contributed by atoms with Gasteiger partial charge in [-0.25, -0.2) is 29.0 Å². The van der Waals surface area contributed by atoms with Crippen LogP contribution in [-0.4, -0.2) is 58.2 Å². The van der Waals surface area contributed by atoms with Gasteiger partial charge in [0.1, 0.15) is 0 Å². The Bertz CT molecular complexity index is 3360. The van der Waals surface area contributed by atoms with Gasteiger partial charge >= 0.3 is 11.4 Å². The molecule has 336 valence electrons. The lowest BCUT2D eigenvalue weighted by Crippen LogP contribution is -2.25. The summed E-state index contributed by atoms with van der Waals surface area (Å²) in [6.45, 7) is 3.25. The van der Waals surface area contributed by atoms with Gasteiger partial charge in [-0.1, -0.05) is 131 Å². The predicted octanol–water partition coefficient (Wildman–Crippen LogP) is 9.57. The zero-order valence-electron chi connectivity index (χ0n) is 36.4. The molecule has 17 heteroatoms. The first-order valence-corrected chi connectivity index (χ1v) is 23.0. The van der Waals surface area contributed by atoms with Crippen molar-refractivity contribution < 1.29 is 0 Å². The van der Waals surface area contributed by atoms with E-state index in [1.165, 1.54) is 18.5 Å². The number of hydrazone groups is 2. The Balaban J connectivity index is 1.01. The van der Waals surface area contributed by atoms with E-state index in [0.29, 0.717) is 61.9 Å². The third-order valence-corrected chi connectivity index (χ3v) is 13.5. The van der Waals surface area contributed by atoms with Gasteiger partial charge in [0.2, 0.25) is 11.9 Å². The highest BCUT2D eigenvalue weighted by atomic mass is 35.5. The van der Waals surface area contributed by atoms with Crippen molar-refractivity contribution in [2.75, 3.05) is 23.1 Å². The van der Waals surface area contributed by atoms with E-state index in [2.05, 4.69) is 29.2 Å². The SMILES string of the molecule is Cc1cc(Cn2nc(N3CC(c4ccccc4)C(c4ccc(Cl)c(-c5cc(C6=NN(c7nn(Cc8ccc(Cl)cn8)c(=O)n7C)CC6c6ccccc6)ccc5Cl)c4)=N3)n(C)c2=O)ccc1Cl. The number of nitrogens with zero attached hydrogens (tertiary/aromatic N) is 11. The summed E-state index contributed by atoms with van der Waals surface area (Å²) in [6, 6.07) is 41.1. The molecule has 0 saturated heterocycles. The van der Waals surface area contributed by atoms with E-state index in [-0.39, 0.29) is 36.3 Å². The van der Waals surface area contributed by atoms with Gasteiger partial charge in [0, 0.05) is 58.3 Å². The zero-order valence-corrected chi connectivity index (χ0v) is 39.5. The lowest BCUT2D eigenvalue weighted by atomic mass is 9.88. The lowest BCUT2D eigenvalue weighted by molar-refractivity contribution is 0.634. The minimum absolute atomic E-state index is 0.169. The van der Waals surface area contributed by atoms with Gasteiger partial charge in [-0.3, -0.25) is 14.1 Å². The van der Waals surface area contributed by atoms with Crippen molar-refractivity contribution in [1.29, 1.82) is 0 Å². The van der Waals surface area contributed by atoms with Crippen molar-refractivity contribution in [1.82, 2.24) is 33.7 Å². The van der Waals surface area contributed by atoms with Crippen LogP contribution in [0.25, 0.3) is 11.1 Å². The minimum atomic E-state index is -0.303. The molecule has 2 aliphatic heterocycles. The van der Waals surface area contributed by atoms with Crippen LogP contribution in [0.2, 0.25) is 20.1 Å². The number of benzene rings is 5. The van der Waals surface area contributed by atoms with Gasteiger partial charge in [-0.15, -0.1) is 10.2 Å². The second-order valence-electron chi connectivity index (χ2n) is 16.6. The van der Waals surface area contributed by atoms with Crippen molar-refractivity contribution in [3.05, 3.63) is 214 Å². The van der Waals surface area contributed by atoms with Crippen LogP contribution in [0.4, 0.5) is 11.9 Å². The highest BCUT2D eigenvalue weighted by Gasteiger charge is 2.35. The normalized spacial score (nSPS) is 15.9. The van der Waals surface area contributed by atoms with Crippen LogP contribution in [-0.2, 0) is 27.2 Å².